The minimum atomic E-state index is 0.171. The normalized spacial score (nSPS) is 10.6. The van der Waals surface area contributed by atoms with Crippen molar-refractivity contribution in [1.82, 2.24) is 4.37 Å². The predicted octanol–water partition coefficient (Wildman–Crippen LogP) is 4.77. The zero-order valence-corrected chi connectivity index (χ0v) is 16.0. The van der Waals surface area contributed by atoms with Crippen molar-refractivity contribution in [2.24, 2.45) is 0 Å². The van der Waals surface area contributed by atoms with Gasteiger partial charge in [-0.2, -0.15) is 4.37 Å². The predicted molar refractivity (Wildman–Crippen MR) is 104 cm³/mol. The minimum absolute atomic E-state index is 0.171. The molecule has 0 fully saturated rings. The molecule has 2 aromatic carbocycles. The Morgan fingerprint density at radius 2 is 1.65 bits per heavy atom. The summed E-state index contributed by atoms with van der Waals surface area (Å²) < 4.78 is 20.4. The van der Waals surface area contributed by atoms with Gasteiger partial charge in [0.15, 0.2) is 11.5 Å². The summed E-state index contributed by atoms with van der Waals surface area (Å²) in [6.07, 6.45) is 2.61. The van der Waals surface area contributed by atoms with E-state index in [0.29, 0.717) is 17.2 Å². The van der Waals surface area contributed by atoms with Gasteiger partial charge in [-0.05, 0) is 47.3 Å². The number of hydrogen-bond donors (Lipinski definition) is 1. The summed E-state index contributed by atoms with van der Waals surface area (Å²) in [7, 11) is 4.82. The van der Waals surface area contributed by atoms with E-state index in [1.165, 1.54) is 11.5 Å². The van der Waals surface area contributed by atoms with E-state index in [4.69, 9.17) is 14.2 Å². The molecule has 136 valence electrons. The molecule has 0 atom stereocenters. The summed E-state index contributed by atoms with van der Waals surface area (Å²) >= 11 is 1.34. The molecule has 1 N–H and O–H groups in total. The molecule has 0 saturated carbocycles. The van der Waals surface area contributed by atoms with Crippen LogP contribution < -0.4 is 14.2 Å². The zero-order chi connectivity index (χ0) is 18.7. The van der Waals surface area contributed by atoms with Crippen molar-refractivity contribution in [3.8, 4) is 44.6 Å². The fraction of sp³-hybridized carbons (Fsp3) is 0.250. The molecule has 3 aromatic rings. The monoisotopic (exact) mass is 371 g/mol. The molecular weight excluding hydrogens is 350 g/mol. The summed E-state index contributed by atoms with van der Waals surface area (Å²) in [6, 6.07) is 9.35. The van der Waals surface area contributed by atoms with E-state index in [2.05, 4.69) is 11.3 Å². The Labute approximate surface area is 157 Å². The Kier molecular flexibility index (Phi) is 5.32. The van der Waals surface area contributed by atoms with E-state index in [9.17, 15) is 5.11 Å². The van der Waals surface area contributed by atoms with Crippen LogP contribution in [0, 0.1) is 0 Å². The van der Waals surface area contributed by atoms with Crippen LogP contribution in [0.1, 0.15) is 12.5 Å². The molecule has 0 aliphatic rings. The number of ether oxygens (including phenoxy) is 3. The van der Waals surface area contributed by atoms with Crippen molar-refractivity contribution in [1.29, 1.82) is 0 Å². The first kappa shape index (κ1) is 18.1. The van der Waals surface area contributed by atoms with Gasteiger partial charge in [-0.25, -0.2) is 0 Å². The Balaban J connectivity index is 2.13. The summed E-state index contributed by atoms with van der Waals surface area (Å²) in [5.41, 5.74) is 3.65. The third kappa shape index (κ3) is 3.20. The van der Waals surface area contributed by atoms with Gasteiger partial charge in [0.2, 0.25) is 0 Å². The summed E-state index contributed by atoms with van der Waals surface area (Å²) in [5.74, 6) is 2.17. The van der Waals surface area contributed by atoms with Crippen LogP contribution in [0.4, 0.5) is 0 Å². The maximum absolute atomic E-state index is 10.5. The highest BCUT2D eigenvalue weighted by Gasteiger charge is 2.18. The quantitative estimate of drug-likeness (QED) is 0.676. The van der Waals surface area contributed by atoms with E-state index in [-0.39, 0.29) is 5.75 Å². The lowest BCUT2D eigenvalue weighted by Gasteiger charge is -2.13. The molecule has 6 heteroatoms. The molecule has 0 saturated heterocycles. The third-order valence-electron chi connectivity index (χ3n) is 4.29. The van der Waals surface area contributed by atoms with Crippen LogP contribution >= 0.6 is 11.5 Å². The van der Waals surface area contributed by atoms with Crippen LogP contribution in [-0.2, 0) is 6.42 Å². The Hall–Kier alpha value is -2.73. The number of nitrogens with zero attached hydrogens (tertiary/aromatic N) is 1. The standard InChI is InChI=1S/C20H21NO4S/c1-5-12-8-14(16(22)10-18(12)24-3)20-15(11-21-26-20)13-6-7-17(23-2)19(9-13)25-4/h6-11,22H,5H2,1-4H3. The number of aromatic hydroxyl groups is 1. The van der Waals surface area contributed by atoms with Gasteiger partial charge in [0.25, 0.3) is 0 Å². The molecule has 1 aromatic heterocycles. The molecule has 0 radical (unpaired) electrons. The maximum Gasteiger partial charge on any atom is 0.161 e. The van der Waals surface area contributed by atoms with Crippen molar-refractivity contribution in [2.45, 2.75) is 13.3 Å². The van der Waals surface area contributed by atoms with Crippen molar-refractivity contribution >= 4 is 11.5 Å². The van der Waals surface area contributed by atoms with Gasteiger partial charge in [-0.1, -0.05) is 13.0 Å². The first-order valence-corrected chi connectivity index (χ1v) is 8.97. The number of rotatable bonds is 6. The van der Waals surface area contributed by atoms with Crippen molar-refractivity contribution in [3.05, 3.63) is 42.1 Å². The second kappa shape index (κ2) is 7.66. The number of hydrogen-bond acceptors (Lipinski definition) is 6. The van der Waals surface area contributed by atoms with E-state index in [1.54, 1.807) is 33.6 Å². The molecule has 26 heavy (non-hydrogen) atoms. The highest BCUT2D eigenvalue weighted by atomic mass is 32.1. The fourth-order valence-corrected chi connectivity index (χ4v) is 3.70. The largest absolute Gasteiger partial charge is 0.507 e. The molecule has 0 bridgehead atoms. The van der Waals surface area contributed by atoms with E-state index in [0.717, 1.165) is 33.6 Å². The molecule has 0 spiro atoms. The number of aromatic nitrogens is 1. The second-order valence-electron chi connectivity index (χ2n) is 5.67. The average molecular weight is 371 g/mol. The molecule has 0 aliphatic carbocycles. The van der Waals surface area contributed by atoms with Gasteiger partial charge in [0, 0.05) is 23.4 Å². The van der Waals surface area contributed by atoms with E-state index in [1.807, 2.05) is 24.3 Å². The lowest BCUT2D eigenvalue weighted by atomic mass is 9.99. The maximum atomic E-state index is 10.5. The van der Waals surface area contributed by atoms with Gasteiger partial charge >= 0.3 is 0 Å². The van der Waals surface area contributed by atoms with Crippen LogP contribution in [0.5, 0.6) is 23.0 Å². The second-order valence-corrected chi connectivity index (χ2v) is 6.47. The number of phenolic OH excluding ortho intramolecular Hbond substituents is 1. The molecule has 0 aliphatic heterocycles. The van der Waals surface area contributed by atoms with Gasteiger partial charge in [-0.3, -0.25) is 0 Å². The van der Waals surface area contributed by atoms with Crippen molar-refractivity contribution < 1.29 is 19.3 Å². The van der Waals surface area contributed by atoms with Gasteiger partial charge in [0.05, 0.1) is 26.2 Å². The van der Waals surface area contributed by atoms with Crippen molar-refractivity contribution in [2.75, 3.05) is 21.3 Å². The minimum Gasteiger partial charge on any atom is -0.507 e. The van der Waals surface area contributed by atoms with E-state index >= 15 is 0 Å². The first-order chi connectivity index (χ1) is 12.6. The summed E-state index contributed by atoms with van der Waals surface area (Å²) in [6.45, 7) is 2.06. The zero-order valence-electron chi connectivity index (χ0n) is 15.2. The van der Waals surface area contributed by atoms with Crippen molar-refractivity contribution in [3.63, 3.8) is 0 Å². The van der Waals surface area contributed by atoms with Crippen LogP contribution in [-0.4, -0.2) is 30.8 Å². The van der Waals surface area contributed by atoms with E-state index < -0.39 is 0 Å². The van der Waals surface area contributed by atoms with Gasteiger partial charge in [-0.15, -0.1) is 0 Å². The Morgan fingerprint density at radius 1 is 0.923 bits per heavy atom. The summed E-state index contributed by atoms with van der Waals surface area (Å²) in [4.78, 5) is 0.895. The highest BCUT2D eigenvalue weighted by molar-refractivity contribution is 7.10. The molecule has 1 heterocycles. The summed E-state index contributed by atoms with van der Waals surface area (Å²) in [5, 5.41) is 10.5. The number of methoxy groups -OCH3 is 3. The lowest BCUT2D eigenvalue weighted by Crippen LogP contribution is -1.93. The van der Waals surface area contributed by atoms with Crippen LogP contribution in [0.3, 0.4) is 0 Å². The van der Waals surface area contributed by atoms with Gasteiger partial charge < -0.3 is 19.3 Å². The third-order valence-corrected chi connectivity index (χ3v) is 5.12. The molecular formula is C20H21NO4S. The SMILES string of the molecule is CCc1cc(-c2sncc2-c2ccc(OC)c(OC)c2)c(O)cc1OC. The fourth-order valence-electron chi connectivity index (χ4n) is 2.91. The van der Waals surface area contributed by atoms with Crippen LogP contribution in [0.25, 0.3) is 21.6 Å². The molecule has 5 nitrogen and oxygen atoms in total. The average Bonchev–Trinajstić information content (AvgIpc) is 3.16. The topological polar surface area (TPSA) is 60.8 Å². The first-order valence-electron chi connectivity index (χ1n) is 8.20. The smallest absolute Gasteiger partial charge is 0.161 e. The number of benzene rings is 2. The van der Waals surface area contributed by atoms with Crippen LogP contribution in [0.2, 0.25) is 0 Å². The Morgan fingerprint density at radius 3 is 2.31 bits per heavy atom. The molecule has 0 unspecified atom stereocenters. The Bertz CT molecular complexity index is 920. The number of aryl methyl sites for hydroxylation is 1. The highest BCUT2D eigenvalue weighted by Crippen LogP contribution is 2.43. The number of phenols is 1. The molecule has 0 amide bonds. The lowest BCUT2D eigenvalue weighted by molar-refractivity contribution is 0.355. The molecule has 3 rings (SSSR count). The van der Waals surface area contributed by atoms with Gasteiger partial charge in [0.1, 0.15) is 11.5 Å². The van der Waals surface area contributed by atoms with Crippen LogP contribution in [0.15, 0.2) is 36.5 Å².